The van der Waals surface area contributed by atoms with Crippen LogP contribution in [-0.4, -0.2) is 21.6 Å². The van der Waals surface area contributed by atoms with Gasteiger partial charge in [-0.05, 0) is 42.2 Å². The molecule has 196 valence electrons. The van der Waals surface area contributed by atoms with Gasteiger partial charge in [-0.25, -0.2) is 0 Å². The molecule has 0 saturated heterocycles. The minimum absolute atomic E-state index is 0.0198. The number of primary amides is 1. The molecule has 0 aliphatic heterocycles. The van der Waals surface area contributed by atoms with Gasteiger partial charge in [-0.2, -0.15) is 18.4 Å². The Hall–Kier alpha value is -4.39. The van der Waals surface area contributed by atoms with Gasteiger partial charge in [-0.1, -0.05) is 55.7 Å². The Balaban J connectivity index is 2.13. The van der Waals surface area contributed by atoms with Crippen molar-refractivity contribution in [1.29, 1.82) is 5.26 Å². The molecule has 1 aliphatic carbocycles. The number of amides is 1. The Morgan fingerprint density at radius 2 is 1.71 bits per heavy atom. The topological polar surface area (TPSA) is 126 Å². The third kappa shape index (κ3) is 4.79. The lowest BCUT2D eigenvalue weighted by Crippen LogP contribution is -2.39. The summed E-state index contributed by atoms with van der Waals surface area (Å²) in [4.78, 5) is 38.2. The molecule has 0 spiro atoms. The quantitative estimate of drug-likeness (QED) is 0.478. The summed E-state index contributed by atoms with van der Waals surface area (Å²) in [5, 5.41) is 19.8. The van der Waals surface area contributed by atoms with Gasteiger partial charge >= 0.3 is 12.1 Å². The van der Waals surface area contributed by atoms with E-state index in [1.165, 1.54) is 24.3 Å². The summed E-state index contributed by atoms with van der Waals surface area (Å²) in [5.41, 5.74) is 0.766. The van der Waals surface area contributed by atoms with Crippen molar-refractivity contribution in [3.05, 3.63) is 92.8 Å². The molecule has 3 aromatic rings. The number of nitrogens with two attached hydrogens (primary N) is 1. The van der Waals surface area contributed by atoms with Crippen molar-refractivity contribution in [2.24, 2.45) is 5.73 Å². The molecule has 1 aliphatic rings. The Bertz CT molecular complexity index is 1500. The maximum atomic E-state index is 14.1. The fourth-order valence-electron chi connectivity index (χ4n) is 5.20. The average molecular weight is 524 g/mol. The Kier molecular flexibility index (Phi) is 7.14. The molecule has 2 aromatic carbocycles. The van der Waals surface area contributed by atoms with Gasteiger partial charge in [0.1, 0.15) is 11.6 Å². The van der Waals surface area contributed by atoms with Crippen molar-refractivity contribution in [3.8, 4) is 17.3 Å². The van der Waals surface area contributed by atoms with E-state index in [-0.39, 0.29) is 41.8 Å². The largest absolute Gasteiger partial charge is 0.481 e. The molecule has 1 fully saturated rings. The van der Waals surface area contributed by atoms with E-state index in [1.54, 1.807) is 30.3 Å². The number of alkyl halides is 3. The first kappa shape index (κ1) is 26.7. The smallest absolute Gasteiger partial charge is 0.417 e. The van der Waals surface area contributed by atoms with Crippen LogP contribution in [0, 0.1) is 11.3 Å². The van der Waals surface area contributed by atoms with Crippen molar-refractivity contribution < 1.29 is 27.9 Å². The Morgan fingerprint density at radius 3 is 2.26 bits per heavy atom. The van der Waals surface area contributed by atoms with E-state index >= 15 is 0 Å². The zero-order chi connectivity index (χ0) is 27.7. The van der Waals surface area contributed by atoms with Crippen LogP contribution in [0.5, 0.6) is 0 Å². The van der Waals surface area contributed by atoms with Crippen LogP contribution < -0.4 is 11.3 Å². The summed E-state index contributed by atoms with van der Waals surface area (Å²) in [5.74, 6) is -2.01. The first-order valence-electron chi connectivity index (χ1n) is 12.0. The van der Waals surface area contributed by atoms with Gasteiger partial charge in [0, 0.05) is 11.1 Å². The number of carbonyl (C=O) groups is 2. The number of hydrogen-bond acceptors (Lipinski definition) is 4. The monoisotopic (exact) mass is 523 g/mol. The second-order valence-corrected chi connectivity index (χ2v) is 9.38. The number of halogens is 3. The molecule has 38 heavy (non-hydrogen) atoms. The number of hydrogen-bond donors (Lipinski definition) is 2. The molecule has 4 rings (SSSR count). The molecule has 1 aromatic heterocycles. The summed E-state index contributed by atoms with van der Waals surface area (Å²) >= 11 is 0. The highest BCUT2D eigenvalue weighted by Gasteiger charge is 2.44. The normalized spacial score (nSPS) is 15.0. The highest BCUT2D eigenvalue weighted by atomic mass is 19.4. The summed E-state index contributed by atoms with van der Waals surface area (Å²) in [6.07, 6.45) is -2.60. The molecule has 7 nitrogen and oxygen atoms in total. The summed E-state index contributed by atoms with van der Waals surface area (Å²) < 4.78 is 43.2. The second-order valence-electron chi connectivity index (χ2n) is 9.38. The first-order chi connectivity index (χ1) is 18.0. The predicted molar refractivity (Wildman–Crippen MR) is 132 cm³/mol. The number of benzene rings is 2. The molecular formula is C28H24F3N3O4. The molecule has 10 heteroatoms. The van der Waals surface area contributed by atoms with E-state index in [4.69, 9.17) is 5.73 Å². The molecule has 0 atom stereocenters. The summed E-state index contributed by atoms with van der Waals surface area (Å²) in [7, 11) is 0. The fourth-order valence-corrected chi connectivity index (χ4v) is 5.20. The Morgan fingerprint density at radius 1 is 1.05 bits per heavy atom. The van der Waals surface area contributed by atoms with Crippen LogP contribution in [0.2, 0.25) is 0 Å². The number of rotatable bonds is 6. The van der Waals surface area contributed by atoms with Crippen LogP contribution in [0.15, 0.2) is 59.4 Å². The van der Waals surface area contributed by atoms with Gasteiger partial charge in [0.15, 0.2) is 0 Å². The van der Waals surface area contributed by atoms with Crippen molar-refractivity contribution >= 4 is 11.9 Å². The Labute approximate surface area is 215 Å². The van der Waals surface area contributed by atoms with Crippen LogP contribution in [0.25, 0.3) is 11.3 Å². The molecule has 1 amide bonds. The van der Waals surface area contributed by atoms with Gasteiger partial charge < -0.3 is 15.4 Å². The molecule has 0 unspecified atom stereocenters. The summed E-state index contributed by atoms with van der Waals surface area (Å²) in [6.45, 7) is -0.192. The van der Waals surface area contributed by atoms with Crippen LogP contribution in [0.4, 0.5) is 13.2 Å². The van der Waals surface area contributed by atoms with E-state index < -0.39 is 40.2 Å². The minimum Gasteiger partial charge on any atom is -0.481 e. The van der Waals surface area contributed by atoms with Crippen LogP contribution >= 0.6 is 0 Å². The number of carboxylic acid groups (broad SMARTS) is 1. The molecule has 1 saturated carbocycles. The van der Waals surface area contributed by atoms with E-state index in [9.17, 15) is 37.9 Å². The van der Waals surface area contributed by atoms with Crippen molar-refractivity contribution in [2.45, 2.75) is 50.2 Å². The average Bonchev–Trinajstić information content (AvgIpc) is 2.89. The van der Waals surface area contributed by atoms with Gasteiger partial charge in [0.2, 0.25) is 5.91 Å². The lowest BCUT2D eigenvalue weighted by molar-refractivity contribution is -0.145. The third-order valence-electron chi connectivity index (χ3n) is 7.11. The zero-order valence-electron chi connectivity index (χ0n) is 20.2. The van der Waals surface area contributed by atoms with Gasteiger partial charge in [0.25, 0.3) is 5.56 Å². The fraction of sp³-hybridized carbons (Fsp3) is 0.286. The van der Waals surface area contributed by atoms with Gasteiger partial charge in [-0.15, -0.1) is 0 Å². The minimum atomic E-state index is -5.04. The predicted octanol–water partition coefficient (Wildman–Crippen LogP) is 4.84. The highest BCUT2D eigenvalue weighted by molar-refractivity contribution is 5.95. The molecular weight excluding hydrogens is 499 g/mol. The van der Waals surface area contributed by atoms with E-state index in [0.29, 0.717) is 24.5 Å². The van der Waals surface area contributed by atoms with Crippen molar-refractivity contribution in [1.82, 2.24) is 4.57 Å². The SMILES string of the molecule is N#Cc1c(C(F)(F)F)cc(-c2cc(C(N)=O)ccc2C2(C(=O)O)CCCCC2)n(Cc2ccccc2)c1=O. The van der Waals surface area contributed by atoms with E-state index in [0.717, 1.165) is 11.0 Å². The van der Waals surface area contributed by atoms with E-state index in [2.05, 4.69) is 0 Å². The summed E-state index contributed by atoms with van der Waals surface area (Å²) in [6, 6.07) is 14.5. The van der Waals surface area contributed by atoms with Crippen LogP contribution in [0.1, 0.15) is 64.7 Å². The molecule has 3 N–H and O–H groups in total. The highest BCUT2D eigenvalue weighted by Crippen LogP contribution is 2.45. The zero-order valence-corrected chi connectivity index (χ0v) is 20.2. The van der Waals surface area contributed by atoms with Crippen molar-refractivity contribution in [3.63, 3.8) is 0 Å². The van der Waals surface area contributed by atoms with Gasteiger partial charge in [-0.3, -0.25) is 14.4 Å². The van der Waals surface area contributed by atoms with Crippen LogP contribution in [-0.2, 0) is 22.9 Å². The maximum Gasteiger partial charge on any atom is 0.417 e. The third-order valence-corrected chi connectivity index (χ3v) is 7.11. The standard InChI is InChI=1S/C28H24F3N3O4/c29-28(30,31)22-14-23(34(25(36)20(22)15-32)16-17-7-3-1-4-8-17)19-13-18(24(33)35)9-10-21(19)27(26(37)38)11-5-2-6-12-27/h1,3-4,7-10,13-14H,2,5-6,11-12,16H2,(H2,33,35)(H,37,38). The van der Waals surface area contributed by atoms with Gasteiger partial charge in [0.05, 0.1) is 23.2 Å². The first-order valence-corrected chi connectivity index (χ1v) is 12.0. The number of carbonyl (C=O) groups excluding carboxylic acids is 1. The lowest BCUT2D eigenvalue weighted by atomic mass is 9.67. The maximum absolute atomic E-state index is 14.1. The number of aliphatic carboxylic acids is 1. The number of nitriles is 1. The lowest BCUT2D eigenvalue weighted by Gasteiger charge is -2.35. The van der Waals surface area contributed by atoms with Crippen molar-refractivity contribution in [2.75, 3.05) is 0 Å². The molecule has 0 bridgehead atoms. The van der Waals surface area contributed by atoms with E-state index in [1.807, 2.05) is 0 Å². The number of carboxylic acids is 1. The number of nitrogens with zero attached hydrogens (tertiary/aromatic N) is 2. The second kappa shape index (κ2) is 10.2. The molecule has 1 heterocycles. The number of pyridine rings is 1. The number of aromatic nitrogens is 1. The van der Waals surface area contributed by atoms with Crippen LogP contribution in [0.3, 0.4) is 0 Å². The molecule has 0 radical (unpaired) electrons.